The molecule has 0 amide bonds. The van der Waals surface area contributed by atoms with E-state index in [1.807, 2.05) is 6.20 Å². The normalized spacial score (nSPS) is 24.3. The molecule has 1 aromatic heterocycles. The lowest BCUT2D eigenvalue weighted by molar-refractivity contribution is -0.138. The quantitative estimate of drug-likeness (QED) is 0.904. The summed E-state index contributed by atoms with van der Waals surface area (Å²) in [7, 11) is 0. The van der Waals surface area contributed by atoms with Crippen LogP contribution in [-0.4, -0.2) is 47.1 Å². The predicted octanol–water partition coefficient (Wildman–Crippen LogP) is 2.61. The van der Waals surface area contributed by atoms with Crippen molar-refractivity contribution in [1.82, 2.24) is 9.88 Å². The number of hydrogen-bond donors (Lipinski definition) is 1. The Hall–Kier alpha value is -1.62. The van der Waals surface area contributed by atoms with Gasteiger partial charge in [-0.1, -0.05) is 19.9 Å². The molecule has 1 unspecified atom stereocenters. The molecule has 3 rings (SSSR count). The van der Waals surface area contributed by atoms with E-state index in [-0.39, 0.29) is 17.8 Å². The first-order valence-corrected chi connectivity index (χ1v) is 8.58. The van der Waals surface area contributed by atoms with Gasteiger partial charge in [0.1, 0.15) is 5.82 Å². The van der Waals surface area contributed by atoms with Gasteiger partial charge in [0.25, 0.3) is 0 Å². The maximum atomic E-state index is 11.0. The highest BCUT2D eigenvalue weighted by Gasteiger charge is 2.40. The molecular weight excluding hydrogens is 290 g/mol. The van der Waals surface area contributed by atoms with Gasteiger partial charge in [-0.3, -0.25) is 9.69 Å². The van der Waals surface area contributed by atoms with Crippen molar-refractivity contribution in [3.8, 4) is 0 Å². The summed E-state index contributed by atoms with van der Waals surface area (Å²) in [6.07, 6.45) is 4.76. The molecule has 2 aliphatic rings. The zero-order chi connectivity index (χ0) is 16.4. The minimum atomic E-state index is -0.693. The summed E-state index contributed by atoms with van der Waals surface area (Å²) < 4.78 is 0. The number of nitrogens with zero attached hydrogens (tertiary/aromatic N) is 3. The van der Waals surface area contributed by atoms with Crippen LogP contribution in [0.15, 0.2) is 18.3 Å². The Kier molecular flexibility index (Phi) is 4.57. The Morgan fingerprint density at radius 1 is 1.35 bits per heavy atom. The molecular formula is C18H27N3O2. The van der Waals surface area contributed by atoms with Crippen LogP contribution >= 0.6 is 0 Å². The molecule has 0 radical (unpaired) electrons. The largest absolute Gasteiger partial charge is 0.481 e. The summed E-state index contributed by atoms with van der Waals surface area (Å²) in [5.74, 6) is 0.607. The van der Waals surface area contributed by atoms with Gasteiger partial charge >= 0.3 is 5.97 Å². The topological polar surface area (TPSA) is 56.7 Å². The monoisotopic (exact) mass is 317 g/mol. The van der Waals surface area contributed by atoms with E-state index in [1.165, 1.54) is 18.4 Å². The van der Waals surface area contributed by atoms with Crippen LogP contribution < -0.4 is 4.90 Å². The Balaban J connectivity index is 1.60. The summed E-state index contributed by atoms with van der Waals surface area (Å²) in [6.45, 7) is 9.23. The first kappa shape index (κ1) is 16.2. The second-order valence-corrected chi connectivity index (χ2v) is 7.67. The molecule has 5 heteroatoms. The molecule has 0 aromatic carbocycles. The fourth-order valence-corrected chi connectivity index (χ4v) is 3.90. The van der Waals surface area contributed by atoms with Crippen molar-refractivity contribution < 1.29 is 9.90 Å². The minimum Gasteiger partial charge on any atom is -0.481 e. The summed E-state index contributed by atoms with van der Waals surface area (Å²) in [5, 5.41) is 9.08. The molecule has 23 heavy (non-hydrogen) atoms. The van der Waals surface area contributed by atoms with E-state index in [1.54, 1.807) is 0 Å². The summed E-state index contributed by atoms with van der Waals surface area (Å²) in [4.78, 5) is 20.4. The summed E-state index contributed by atoms with van der Waals surface area (Å²) >= 11 is 0. The zero-order valence-electron chi connectivity index (χ0n) is 14.2. The van der Waals surface area contributed by atoms with E-state index in [2.05, 4.69) is 40.8 Å². The number of likely N-dealkylation sites (tertiary alicyclic amines) is 1. The molecule has 1 aromatic rings. The number of anilines is 1. The fraction of sp³-hybridized carbons (Fsp3) is 0.667. The van der Waals surface area contributed by atoms with E-state index in [4.69, 9.17) is 5.11 Å². The molecule has 0 bridgehead atoms. The third kappa shape index (κ3) is 3.83. The fourth-order valence-electron chi connectivity index (χ4n) is 3.90. The lowest BCUT2D eigenvalue weighted by Crippen LogP contribution is -2.25. The third-order valence-electron chi connectivity index (χ3n) is 5.28. The van der Waals surface area contributed by atoms with Crippen molar-refractivity contribution in [3.63, 3.8) is 0 Å². The van der Waals surface area contributed by atoms with E-state index in [9.17, 15) is 4.79 Å². The number of pyridine rings is 1. The zero-order valence-corrected chi connectivity index (χ0v) is 14.2. The molecule has 126 valence electrons. The Morgan fingerprint density at radius 2 is 2.09 bits per heavy atom. The van der Waals surface area contributed by atoms with Crippen molar-refractivity contribution in [2.45, 2.75) is 39.7 Å². The Morgan fingerprint density at radius 3 is 2.70 bits per heavy atom. The Bertz CT molecular complexity index is 550. The number of rotatable bonds is 5. The van der Waals surface area contributed by atoms with Crippen LogP contribution in [0.2, 0.25) is 0 Å². The maximum Gasteiger partial charge on any atom is 0.303 e. The van der Waals surface area contributed by atoms with E-state index in [0.717, 1.165) is 38.5 Å². The molecule has 3 heterocycles. The van der Waals surface area contributed by atoms with Crippen LogP contribution in [0.4, 0.5) is 5.82 Å². The SMILES string of the molecule is CC1(C)CN(Cc2ccc(N3CCCC3)nc2)CC1CC(=O)O. The lowest BCUT2D eigenvalue weighted by Gasteiger charge is -2.24. The van der Waals surface area contributed by atoms with E-state index in [0.29, 0.717) is 0 Å². The lowest BCUT2D eigenvalue weighted by atomic mass is 9.80. The number of carbonyl (C=O) groups is 1. The van der Waals surface area contributed by atoms with Crippen molar-refractivity contribution in [3.05, 3.63) is 23.9 Å². The molecule has 0 aliphatic carbocycles. The van der Waals surface area contributed by atoms with Crippen LogP contribution in [0.1, 0.15) is 38.7 Å². The molecule has 0 saturated carbocycles. The van der Waals surface area contributed by atoms with Crippen LogP contribution in [0.3, 0.4) is 0 Å². The minimum absolute atomic E-state index is 0.0569. The van der Waals surface area contributed by atoms with Gasteiger partial charge in [0, 0.05) is 45.3 Å². The van der Waals surface area contributed by atoms with Crippen LogP contribution in [0.25, 0.3) is 0 Å². The molecule has 1 N–H and O–H groups in total. The molecule has 5 nitrogen and oxygen atoms in total. The van der Waals surface area contributed by atoms with E-state index < -0.39 is 5.97 Å². The van der Waals surface area contributed by atoms with Gasteiger partial charge in [-0.25, -0.2) is 4.98 Å². The standard InChI is InChI=1S/C18H27N3O2/c1-18(2)13-20(12-15(18)9-17(22)23)11-14-5-6-16(19-10-14)21-7-3-4-8-21/h5-6,10,15H,3-4,7-9,11-13H2,1-2H3,(H,22,23). The molecule has 2 saturated heterocycles. The first-order chi connectivity index (χ1) is 10.9. The second kappa shape index (κ2) is 6.48. The Labute approximate surface area is 138 Å². The summed E-state index contributed by atoms with van der Waals surface area (Å²) in [6, 6.07) is 4.29. The van der Waals surface area contributed by atoms with E-state index >= 15 is 0 Å². The van der Waals surface area contributed by atoms with Gasteiger partial charge < -0.3 is 10.0 Å². The van der Waals surface area contributed by atoms with Gasteiger partial charge in [-0.2, -0.15) is 0 Å². The molecule has 2 aliphatic heterocycles. The third-order valence-corrected chi connectivity index (χ3v) is 5.28. The smallest absolute Gasteiger partial charge is 0.303 e. The number of aliphatic carboxylic acids is 1. The average Bonchev–Trinajstić information content (AvgIpc) is 3.08. The predicted molar refractivity (Wildman–Crippen MR) is 90.5 cm³/mol. The van der Waals surface area contributed by atoms with Crippen molar-refractivity contribution in [1.29, 1.82) is 0 Å². The molecule has 0 spiro atoms. The molecule has 2 fully saturated rings. The van der Waals surface area contributed by atoms with Gasteiger partial charge in [0.05, 0.1) is 0 Å². The van der Waals surface area contributed by atoms with Crippen molar-refractivity contribution in [2.75, 3.05) is 31.1 Å². The molecule has 1 atom stereocenters. The van der Waals surface area contributed by atoms with Gasteiger partial charge in [0.15, 0.2) is 0 Å². The number of carboxylic acid groups (broad SMARTS) is 1. The van der Waals surface area contributed by atoms with Crippen LogP contribution in [-0.2, 0) is 11.3 Å². The number of aromatic nitrogens is 1. The van der Waals surface area contributed by atoms with Crippen molar-refractivity contribution in [2.24, 2.45) is 11.3 Å². The van der Waals surface area contributed by atoms with Crippen LogP contribution in [0.5, 0.6) is 0 Å². The van der Waals surface area contributed by atoms with Gasteiger partial charge in [-0.05, 0) is 35.8 Å². The second-order valence-electron chi connectivity index (χ2n) is 7.67. The maximum absolute atomic E-state index is 11.0. The highest BCUT2D eigenvalue weighted by atomic mass is 16.4. The van der Waals surface area contributed by atoms with Gasteiger partial charge in [0.2, 0.25) is 0 Å². The highest BCUT2D eigenvalue weighted by molar-refractivity contribution is 5.67. The highest BCUT2D eigenvalue weighted by Crippen LogP contribution is 2.37. The van der Waals surface area contributed by atoms with Crippen molar-refractivity contribution >= 4 is 11.8 Å². The number of hydrogen-bond acceptors (Lipinski definition) is 4. The first-order valence-electron chi connectivity index (χ1n) is 8.58. The summed E-state index contributed by atoms with van der Waals surface area (Å²) in [5.41, 5.74) is 1.26. The number of carboxylic acids is 1. The average molecular weight is 317 g/mol. The van der Waals surface area contributed by atoms with Gasteiger partial charge in [-0.15, -0.1) is 0 Å². The van der Waals surface area contributed by atoms with Crippen LogP contribution in [0, 0.1) is 11.3 Å².